The number of hydrogen-bond acceptors (Lipinski definition) is 6. The molecule has 0 bridgehead atoms. The van der Waals surface area contributed by atoms with Gasteiger partial charge in [-0.1, -0.05) is 40.7 Å². The summed E-state index contributed by atoms with van der Waals surface area (Å²) in [6.07, 6.45) is -0.380. The second-order valence-electron chi connectivity index (χ2n) is 10.8. The third-order valence-corrected chi connectivity index (χ3v) is 5.88. The lowest BCUT2D eigenvalue weighted by atomic mass is 9.80. The highest BCUT2D eigenvalue weighted by Crippen LogP contribution is 2.32. The number of carbonyl (C=O) groups excluding carboxylic acids is 3. The van der Waals surface area contributed by atoms with E-state index in [0.29, 0.717) is 25.1 Å². The molecular weight excluding hydrogens is 436 g/mol. The van der Waals surface area contributed by atoms with Gasteiger partial charge in [0.2, 0.25) is 11.8 Å². The molecule has 188 valence electrons. The molecule has 0 saturated heterocycles. The van der Waals surface area contributed by atoms with Crippen LogP contribution in [-0.2, 0) is 20.7 Å². The highest BCUT2D eigenvalue weighted by atomic mass is 16.5. The van der Waals surface area contributed by atoms with Gasteiger partial charge >= 0.3 is 6.09 Å². The van der Waals surface area contributed by atoms with Gasteiger partial charge in [-0.3, -0.25) is 9.59 Å². The van der Waals surface area contributed by atoms with Gasteiger partial charge < -0.3 is 31.1 Å². The number of carbonyl (C=O) groups is 3. The molecule has 1 aliphatic rings. The number of amides is 3. The molecule has 9 nitrogen and oxygen atoms in total. The van der Waals surface area contributed by atoms with Crippen LogP contribution in [0.3, 0.4) is 0 Å². The van der Waals surface area contributed by atoms with E-state index in [2.05, 4.69) is 22.8 Å². The smallest absolute Gasteiger partial charge is 0.407 e. The fraction of sp³-hybridized carbons (Fsp3) is 0.640. The second kappa shape index (κ2) is 11.1. The molecule has 1 unspecified atom stereocenters. The molecule has 9 heteroatoms. The molecule has 1 aromatic rings. The van der Waals surface area contributed by atoms with Gasteiger partial charge in [0.05, 0.1) is 24.9 Å². The Bertz CT molecular complexity index is 880. The first-order valence-electron chi connectivity index (χ1n) is 11.5. The van der Waals surface area contributed by atoms with Crippen LogP contribution in [0.15, 0.2) is 12.1 Å². The van der Waals surface area contributed by atoms with E-state index in [9.17, 15) is 19.5 Å². The van der Waals surface area contributed by atoms with Crippen molar-refractivity contribution in [3.05, 3.63) is 29.8 Å². The third-order valence-electron chi connectivity index (χ3n) is 5.88. The number of nitrogens with one attached hydrogen (secondary N) is 2. The standard InChI is InChI=1S/C25H38N4O5/c1-24(2,3)22(32)27-14-20(30)18(26)12-25(4,5)13-21(31)29-15-17(28-23(33)34-6)11-16-9-7-8-10-19(16)29/h7,9,17-18,20,30H,11-15,26H2,1-6H3,(H,27,32)(H,28,33)/t17?,18-,20-/m0/s1. The van der Waals surface area contributed by atoms with Crippen molar-refractivity contribution in [1.82, 2.24) is 10.6 Å². The van der Waals surface area contributed by atoms with E-state index < -0.39 is 29.1 Å². The molecule has 3 atom stereocenters. The first kappa shape index (κ1) is 27.4. The zero-order valence-corrected chi connectivity index (χ0v) is 21.0. The molecule has 0 spiro atoms. The summed E-state index contributed by atoms with van der Waals surface area (Å²) in [6.45, 7) is 9.56. The third kappa shape index (κ3) is 7.61. The largest absolute Gasteiger partial charge is 0.453 e. The molecule has 3 amide bonds. The van der Waals surface area contributed by atoms with Gasteiger partial charge in [0.15, 0.2) is 0 Å². The van der Waals surface area contributed by atoms with Gasteiger partial charge in [-0.25, -0.2) is 4.79 Å². The Balaban J connectivity index is 2.03. The summed E-state index contributed by atoms with van der Waals surface area (Å²) < 4.78 is 4.71. The Morgan fingerprint density at radius 3 is 2.59 bits per heavy atom. The van der Waals surface area contributed by atoms with Crippen molar-refractivity contribution < 1.29 is 24.2 Å². The molecular formula is C25H38N4O5. The first-order valence-corrected chi connectivity index (χ1v) is 11.5. The molecule has 34 heavy (non-hydrogen) atoms. The Hall–Kier alpha value is -2.83. The van der Waals surface area contributed by atoms with Gasteiger partial charge in [-0.15, -0.1) is 0 Å². The van der Waals surface area contributed by atoms with Crippen molar-refractivity contribution in [1.29, 1.82) is 0 Å². The summed E-state index contributed by atoms with van der Waals surface area (Å²) in [5, 5.41) is 15.9. The predicted octanol–water partition coefficient (Wildman–Crippen LogP) is 1.56. The molecule has 0 aromatic heterocycles. The van der Waals surface area contributed by atoms with Gasteiger partial charge in [-0.05, 0) is 42.0 Å². The van der Waals surface area contributed by atoms with Crippen molar-refractivity contribution in [3.8, 4) is 0 Å². The van der Waals surface area contributed by atoms with Crippen LogP contribution in [0.5, 0.6) is 0 Å². The van der Waals surface area contributed by atoms with Crippen LogP contribution in [0, 0.1) is 23.0 Å². The molecule has 0 saturated carbocycles. The van der Waals surface area contributed by atoms with Crippen LogP contribution in [0.2, 0.25) is 0 Å². The highest BCUT2D eigenvalue weighted by Gasteiger charge is 2.34. The van der Waals surface area contributed by atoms with E-state index in [4.69, 9.17) is 10.5 Å². The Labute approximate surface area is 202 Å². The minimum atomic E-state index is -0.937. The molecule has 1 aromatic carbocycles. The molecule has 1 heterocycles. The molecule has 0 radical (unpaired) electrons. The van der Waals surface area contributed by atoms with Crippen molar-refractivity contribution in [3.63, 3.8) is 0 Å². The van der Waals surface area contributed by atoms with Crippen molar-refractivity contribution in [2.24, 2.45) is 16.6 Å². The SMILES string of the molecule is COC(=O)NC1Cc2ccc#cc2N(C(=O)CC(C)(C)C[C@H](N)[C@@H](O)CNC(=O)C(C)(C)C)C1. The maximum atomic E-state index is 13.3. The molecule has 0 aliphatic carbocycles. The van der Waals surface area contributed by atoms with Crippen LogP contribution in [0.25, 0.3) is 0 Å². The van der Waals surface area contributed by atoms with Crippen molar-refractivity contribution >= 4 is 23.6 Å². The fourth-order valence-corrected chi connectivity index (χ4v) is 3.97. The quantitative estimate of drug-likeness (QED) is 0.452. The normalized spacial score (nSPS) is 17.6. The summed E-state index contributed by atoms with van der Waals surface area (Å²) in [7, 11) is 1.30. The number of rotatable bonds is 8. The Morgan fingerprint density at radius 2 is 1.97 bits per heavy atom. The highest BCUT2D eigenvalue weighted by molar-refractivity contribution is 5.95. The Kier molecular flexibility index (Phi) is 8.92. The molecule has 2 rings (SSSR count). The fourth-order valence-electron chi connectivity index (χ4n) is 3.97. The average molecular weight is 475 g/mol. The van der Waals surface area contributed by atoms with Gasteiger partial charge in [0.1, 0.15) is 0 Å². The molecule has 5 N–H and O–H groups in total. The topological polar surface area (TPSA) is 134 Å². The lowest BCUT2D eigenvalue weighted by Gasteiger charge is -2.36. The van der Waals surface area contributed by atoms with Gasteiger partial charge in [0.25, 0.3) is 0 Å². The lowest BCUT2D eigenvalue weighted by Crippen LogP contribution is -2.51. The minimum Gasteiger partial charge on any atom is -0.453 e. The number of nitrogens with zero attached hydrogens (tertiary/aromatic N) is 1. The number of nitrogens with two attached hydrogens (primary N) is 1. The zero-order valence-electron chi connectivity index (χ0n) is 21.0. The monoisotopic (exact) mass is 474 g/mol. The number of aliphatic hydroxyl groups is 1. The number of methoxy groups -OCH3 is 1. The number of aliphatic hydroxyl groups excluding tert-OH is 1. The maximum absolute atomic E-state index is 13.3. The van der Waals surface area contributed by atoms with E-state index in [0.717, 1.165) is 5.56 Å². The minimum absolute atomic E-state index is 0.0481. The summed E-state index contributed by atoms with van der Waals surface area (Å²) in [5.41, 5.74) is 6.68. The van der Waals surface area contributed by atoms with E-state index in [1.807, 2.05) is 19.9 Å². The summed E-state index contributed by atoms with van der Waals surface area (Å²) in [6, 6.07) is 8.60. The summed E-state index contributed by atoms with van der Waals surface area (Å²) in [5.74, 6) is -0.304. The van der Waals surface area contributed by atoms with Gasteiger partial charge in [0, 0.05) is 31.0 Å². The number of fused-ring (bicyclic) bond motifs is 1. The van der Waals surface area contributed by atoms with Crippen LogP contribution < -0.4 is 21.3 Å². The van der Waals surface area contributed by atoms with E-state index in [1.54, 1.807) is 31.7 Å². The summed E-state index contributed by atoms with van der Waals surface area (Å²) in [4.78, 5) is 38.7. The number of anilines is 1. The van der Waals surface area contributed by atoms with E-state index in [1.165, 1.54) is 7.11 Å². The van der Waals surface area contributed by atoms with Crippen LogP contribution in [0.1, 0.15) is 53.0 Å². The van der Waals surface area contributed by atoms with Crippen molar-refractivity contribution in [2.45, 2.75) is 72.1 Å². The van der Waals surface area contributed by atoms with Crippen LogP contribution in [0.4, 0.5) is 10.5 Å². The molecule has 1 aliphatic heterocycles. The Morgan fingerprint density at radius 1 is 1.29 bits per heavy atom. The van der Waals surface area contributed by atoms with Crippen molar-refractivity contribution in [2.75, 3.05) is 25.1 Å². The second-order valence-corrected chi connectivity index (χ2v) is 10.8. The maximum Gasteiger partial charge on any atom is 0.407 e. The van der Waals surface area contributed by atoms with Crippen LogP contribution in [-0.4, -0.2) is 61.4 Å². The zero-order chi connectivity index (χ0) is 25.7. The lowest BCUT2D eigenvalue weighted by molar-refractivity contribution is -0.129. The number of ether oxygens (including phenoxy) is 1. The first-order chi connectivity index (χ1) is 15.7. The van der Waals surface area contributed by atoms with E-state index in [-0.39, 0.29) is 30.8 Å². The average Bonchev–Trinajstić information content (AvgIpc) is 2.74. The van der Waals surface area contributed by atoms with E-state index >= 15 is 0 Å². The molecule has 0 fully saturated rings. The summed E-state index contributed by atoms with van der Waals surface area (Å²) >= 11 is 0. The number of hydrogen-bond donors (Lipinski definition) is 4. The van der Waals surface area contributed by atoms with Crippen LogP contribution >= 0.6 is 0 Å². The number of alkyl carbamates (subject to hydrolysis) is 1. The predicted molar refractivity (Wildman–Crippen MR) is 129 cm³/mol. The van der Waals surface area contributed by atoms with Gasteiger partial charge in [-0.2, -0.15) is 0 Å².